The maximum atomic E-state index is 13.9. The number of nitrogens with one attached hydrogen (secondary N) is 1. The van der Waals surface area contributed by atoms with Crippen molar-refractivity contribution in [1.82, 2.24) is 19.4 Å². The smallest absolute Gasteiger partial charge is 0.350 e. The number of carbonyl (C=O) groups excluding carboxylic acids is 3. The lowest BCUT2D eigenvalue weighted by Crippen LogP contribution is -2.44. The Morgan fingerprint density at radius 1 is 1.02 bits per heavy atom. The van der Waals surface area contributed by atoms with Crippen LogP contribution in [0.15, 0.2) is 54.7 Å². The maximum Gasteiger partial charge on any atom is 0.469 e. The molecule has 0 spiro atoms. The van der Waals surface area contributed by atoms with Gasteiger partial charge in [0, 0.05) is 60.8 Å². The second-order valence-electron chi connectivity index (χ2n) is 9.72. The Labute approximate surface area is 238 Å². The highest BCUT2D eigenvalue weighted by Gasteiger charge is 2.45. The van der Waals surface area contributed by atoms with Crippen LogP contribution in [0.1, 0.15) is 24.1 Å². The highest BCUT2D eigenvalue weighted by molar-refractivity contribution is 7.46. The van der Waals surface area contributed by atoms with Crippen LogP contribution in [0.3, 0.4) is 0 Å². The SMILES string of the molecule is Cn1cc(C2=C(c3cc4ccc([N+](=O)[O-])cc4n3C)C(=O)N(C(=O)NCCCCOP(=O)(O)O)C2=O)c2ccccc21. The number of phosphoric acid groups is 1. The van der Waals surface area contributed by atoms with Crippen molar-refractivity contribution in [1.29, 1.82) is 0 Å². The number of nitro groups is 1. The average Bonchev–Trinajstić information content (AvgIpc) is 3.53. The third kappa shape index (κ3) is 5.23. The Balaban J connectivity index is 1.54. The standard InChI is InChI=1S/C27H26N5O9P/c1-29-15-19(18-7-3-4-8-20(18)29)23-24(22-13-16-9-10-17(32(36)37)14-21(16)30(22)2)26(34)31(25(23)33)27(35)28-11-5-6-12-41-42(38,39)40/h3-4,7-10,13-15H,5-6,11-12H2,1-2H3,(H,28,35)(H2,38,39,40). The molecule has 1 aliphatic heterocycles. The predicted octanol–water partition coefficient (Wildman–Crippen LogP) is 3.46. The van der Waals surface area contributed by atoms with E-state index < -0.39 is 30.6 Å². The molecule has 0 saturated heterocycles. The van der Waals surface area contributed by atoms with Gasteiger partial charge in [-0.05, 0) is 31.0 Å². The molecule has 3 heterocycles. The van der Waals surface area contributed by atoms with Crippen LogP contribution in [0.5, 0.6) is 0 Å². The van der Waals surface area contributed by atoms with Crippen molar-refractivity contribution >= 4 is 64.3 Å². The first-order chi connectivity index (χ1) is 19.9. The second-order valence-corrected chi connectivity index (χ2v) is 11.0. The molecular weight excluding hydrogens is 569 g/mol. The van der Waals surface area contributed by atoms with Gasteiger partial charge in [0.1, 0.15) is 0 Å². The van der Waals surface area contributed by atoms with Crippen LogP contribution < -0.4 is 5.32 Å². The largest absolute Gasteiger partial charge is 0.469 e. The number of non-ortho nitro benzene ring substituents is 1. The number of nitro benzene ring substituents is 1. The Kier molecular flexibility index (Phi) is 7.56. The molecule has 4 aromatic rings. The summed E-state index contributed by atoms with van der Waals surface area (Å²) in [6.07, 6.45) is 2.18. The minimum Gasteiger partial charge on any atom is -0.350 e. The summed E-state index contributed by atoms with van der Waals surface area (Å²) in [7, 11) is -1.19. The number of unbranched alkanes of at least 4 members (excludes halogenated alkanes) is 1. The number of fused-ring (bicyclic) bond motifs is 2. The van der Waals surface area contributed by atoms with Crippen molar-refractivity contribution in [2.24, 2.45) is 14.1 Å². The van der Waals surface area contributed by atoms with E-state index in [-0.39, 0.29) is 42.8 Å². The zero-order valence-corrected chi connectivity index (χ0v) is 23.4. The Hall–Kier alpha value is -4.62. The lowest BCUT2D eigenvalue weighted by Gasteiger charge is -2.14. The number of hydrogen-bond acceptors (Lipinski definition) is 7. The number of amides is 4. The molecule has 0 saturated carbocycles. The van der Waals surface area contributed by atoms with Crippen molar-refractivity contribution < 1.29 is 38.2 Å². The minimum absolute atomic E-state index is 0.0110. The van der Waals surface area contributed by atoms with E-state index in [9.17, 15) is 29.1 Å². The number of rotatable bonds is 9. The van der Waals surface area contributed by atoms with Crippen LogP contribution in [-0.4, -0.2) is 59.7 Å². The van der Waals surface area contributed by atoms with Gasteiger partial charge in [-0.1, -0.05) is 18.2 Å². The first-order valence-electron chi connectivity index (χ1n) is 12.8. The number of hydrogen-bond donors (Lipinski definition) is 3. The summed E-state index contributed by atoms with van der Waals surface area (Å²) >= 11 is 0. The molecule has 0 bridgehead atoms. The van der Waals surface area contributed by atoms with Crippen molar-refractivity contribution in [3.8, 4) is 0 Å². The van der Waals surface area contributed by atoms with Gasteiger partial charge in [-0.15, -0.1) is 0 Å². The molecule has 15 heteroatoms. The molecule has 5 rings (SSSR count). The monoisotopic (exact) mass is 595 g/mol. The van der Waals surface area contributed by atoms with Gasteiger partial charge >= 0.3 is 13.9 Å². The third-order valence-corrected chi connectivity index (χ3v) is 7.57. The van der Waals surface area contributed by atoms with Crippen molar-refractivity contribution in [3.05, 3.63) is 76.1 Å². The average molecular weight is 596 g/mol. The number of para-hydroxylation sites is 1. The molecule has 42 heavy (non-hydrogen) atoms. The van der Waals surface area contributed by atoms with Crippen LogP contribution in [0.25, 0.3) is 33.0 Å². The zero-order chi connectivity index (χ0) is 30.3. The summed E-state index contributed by atoms with van der Waals surface area (Å²) < 4.78 is 18.6. The van der Waals surface area contributed by atoms with E-state index in [1.54, 1.807) is 53.7 Å². The molecule has 1 aliphatic rings. The molecule has 3 N–H and O–H groups in total. The van der Waals surface area contributed by atoms with Gasteiger partial charge in [0.2, 0.25) is 0 Å². The predicted molar refractivity (Wildman–Crippen MR) is 152 cm³/mol. The topological polar surface area (TPSA) is 186 Å². The minimum atomic E-state index is -4.61. The first kappa shape index (κ1) is 28.9. The summed E-state index contributed by atoms with van der Waals surface area (Å²) in [5, 5.41) is 15.2. The molecule has 4 amide bonds. The fourth-order valence-electron chi connectivity index (χ4n) is 5.10. The number of benzene rings is 2. The van der Waals surface area contributed by atoms with Gasteiger partial charge in [-0.3, -0.25) is 24.2 Å². The highest BCUT2D eigenvalue weighted by Crippen LogP contribution is 2.41. The summed E-state index contributed by atoms with van der Waals surface area (Å²) in [4.78, 5) is 69.9. The van der Waals surface area contributed by atoms with Crippen LogP contribution in [0.4, 0.5) is 10.5 Å². The Morgan fingerprint density at radius 2 is 1.74 bits per heavy atom. The third-order valence-electron chi connectivity index (χ3n) is 7.06. The lowest BCUT2D eigenvalue weighted by atomic mass is 9.99. The van der Waals surface area contributed by atoms with Crippen molar-refractivity contribution in [2.75, 3.05) is 13.2 Å². The molecule has 0 fully saturated rings. The quantitative estimate of drug-likeness (QED) is 0.0856. The molecule has 2 aromatic carbocycles. The molecule has 0 radical (unpaired) electrons. The summed E-state index contributed by atoms with van der Waals surface area (Å²) in [5.41, 5.74) is 1.86. The number of phosphoric ester groups is 1. The van der Waals surface area contributed by atoms with Gasteiger partial charge in [0.05, 0.1) is 33.9 Å². The van der Waals surface area contributed by atoms with Crippen LogP contribution in [0.2, 0.25) is 0 Å². The molecule has 0 unspecified atom stereocenters. The van der Waals surface area contributed by atoms with Gasteiger partial charge < -0.3 is 24.2 Å². The fraction of sp³-hybridized carbons (Fsp3) is 0.222. The highest BCUT2D eigenvalue weighted by atomic mass is 31.2. The van der Waals surface area contributed by atoms with E-state index in [4.69, 9.17) is 9.79 Å². The van der Waals surface area contributed by atoms with Crippen LogP contribution in [0, 0.1) is 10.1 Å². The van der Waals surface area contributed by atoms with Crippen LogP contribution in [-0.2, 0) is 32.8 Å². The summed E-state index contributed by atoms with van der Waals surface area (Å²) in [6, 6.07) is 12.3. The number of imide groups is 3. The van der Waals surface area contributed by atoms with Crippen molar-refractivity contribution in [3.63, 3.8) is 0 Å². The molecule has 2 aromatic heterocycles. The van der Waals surface area contributed by atoms with E-state index in [0.717, 1.165) is 5.52 Å². The van der Waals surface area contributed by atoms with E-state index >= 15 is 0 Å². The van der Waals surface area contributed by atoms with Gasteiger partial charge in [0.15, 0.2) is 0 Å². The Bertz CT molecular complexity index is 1870. The van der Waals surface area contributed by atoms with E-state index in [2.05, 4.69) is 9.84 Å². The van der Waals surface area contributed by atoms with Gasteiger partial charge in [-0.2, -0.15) is 4.90 Å². The number of aromatic nitrogens is 2. The Morgan fingerprint density at radius 3 is 2.45 bits per heavy atom. The fourth-order valence-corrected chi connectivity index (χ4v) is 5.47. The van der Waals surface area contributed by atoms with Crippen molar-refractivity contribution in [2.45, 2.75) is 12.8 Å². The number of aryl methyl sites for hydroxylation is 2. The molecular formula is C27H26N5O9P. The molecule has 0 aliphatic carbocycles. The molecule has 218 valence electrons. The van der Waals surface area contributed by atoms with Gasteiger partial charge in [0.25, 0.3) is 17.5 Å². The van der Waals surface area contributed by atoms with Crippen LogP contribution >= 0.6 is 7.82 Å². The molecule has 14 nitrogen and oxygen atoms in total. The number of carbonyl (C=O) groups is 3. The van der Waals surface area contributed by atoms with E-state index in [0.29, 0.717) is 32.4 Å². The number of nitrogens with zero attached hydrogens (tertiary/aromatic N) is 4. The first-order valence-corrected chi connectivity index (χ1v) is 14.3. The van der Waals surface area contributed by atoms with Gasteiger partial charge in [-0.25, -0.2) is 9.36 Å². The van der Waals surface area contributed by atoms with E-state index in [1.165, 1.54) is 12.1 Å². The van der Waals surface area contributed by atoms with E-state index in [1.807, 2.05) is 12.1 Å². The normalized spacial score (nSPS) is 14.0. The zero-order valence-electron chi connectivity index (χ0n) is 22.5. The second kappa shape index (κ2) is 11.0. The summed E-state index contributed by atoms with van der Waals surface area (Å²) in [5.74, 6) is -1.68. The number of urea groups is 1. The maximum absolute atomic E-state index is 13.9. The lowest BCUT2D eigenvalue weighted by molar-refractivity contribution is -0.384. The molecule has 0 atom stereocenters. The summed E-state index contributed by atoms with van der Waals surface area (Å²) in [6.45, 7) is -0.227.